The molecular weight excluding hydrogens is 204 g/mol. The Bertz CT molecular complexity index is 461. The standard InChI is InChI=1S/C12H14N2O2/c15-9-5-6-14(7-9)8-12-13-10-3-1-2-4-11(10)16-12/h1-4,9,15H,5-8H2/t9-/m1/s1. The number of fused-ring (bicyclic) bond motifs is 1. The average Bonchev–Trinajstić information content (AvgIpc) is 2.84. The fourth-order valence-corrected chi connectivity index (χ4v) is 2.13. The maximum absolute atomic E-state index is 9.42. The van der Waals surface area contributed by atoms with Crippen molar-refractivity contribution >= 4 is 11.1 Å². The molecule has 1 atom stereocenters. The third-order valence-electron chi connectivity index (χ3n) is 2.94. The van der Waals surface area contributed by atoms with Gasteiger partial charge in [0.15, 0.2) is 5.58 Å². The smallest absolute Gasteiger partial charge is 0.209 e. The fraction of sp³-hybridized carbons (Fsp3) is 0.417. The van der Waals surface area contributed by atoms with E-state index in [9.17, 15) is 5.11 Å². The second-order valence-electron chi connectivity index (χ2n) is 4.25. The Morgan fingerprint density at radius 3 is 3.06 bits per heavy atom. The molecule has 1 aliphatic rings. The third kappa shape index (κ3) is 1.81. The maximum Gasteiger partial charge on any atom is 0.209 e. The Morgan fingerprint density at radius 1 is 1.44 bits per heavy atom. The van der Waals surface area contributed by atoms with Crippen LogP contribution >= 0.6 is 0 Å². The molecule has 2 heterocycles. The number of likely N-dealkylation sites (tertiary alicyclic amines) is 1. The highest BCUT2D eigenvalue weighted by Crippen LogP contribution is 2.18. The lowest BCUT2D eigenvalue weighted by Gasteiger charge is -2.11. The van der Waals surface area contributed by atoms with Crippen molar-refractivity contribution in [3.8, 4) is 0 Å². The Hall–Kier alpha value is -1.39. The predicted octanol–water partition coefficient (Wildman–Crippen LogP) is 1.39. The highest BCUT2D eigenvalue weighted by atomic mass is 16.3. The number of para-hydroxylation sites is 2. The molecule has 1 aliphatic heterocycles. The normalized spacial score (nSPS) is 21.9. The molecule has 84 valence electrons. The molecule has 0 aliphatic carbocycles. The minimum absolute atomic E-state index is 0.190. The van der Waals surface area contributed by atoms with Crippen molar-refractivity contribution in [2.45, 2.75) is 19.1 Å². The summed E-state index contributed by atoms with van der Waals surface area (Å²) < 4.78 is 5.63. The average molecular weight is 218 g/mol. The summed E-state index contributed by atoms with van der Waals surface area (Å²) in [7, 11) is 0. The number of aliphatic hydroxyl groups excluding tert-OH is 1. The SMILES string of the molecule is O[C@@H]1CCN(Cc2nc3ccccc3o2)C1. The van der Waals surface area contributed by atoms with Gasteiger partial charge in [-0.3, -0.25) is 4.90 Å². The van der Waals surface area contributed by atoms with Crippen LogP contribution in [-0.4, -0.2) is 34.2 Å². The zero-order chi connectivity index (χ0) is 11.0. The lowest BCUT2D eigenvalue weighted by molar-refractivity contribution is 0.171. The van der Waals surface area contributed by atoms with E-state index in [1.54, 1.807) is 0 Å². The third-order valence-corrected chi connectivity index (χ3v) is 2.94. The van der Waals surface area contributed by atoms with Crippen molar-refractivity contribution in [2.75, 3.05) is 13.1 Å². The number of nitrogens with zero attached hydrogens (tertiary/aromatic N) is 2. The van der Waals surface area contributed by atoms with E-state index in [0.29, 0.717) is 6.54 Å². The Morgan fingerprint density at radius 2 is 2.31 bits per heavy atom. The van der Waals surface area contributed by atoms with Crippen LogP contribution in [0.5, 0.6) is 0 Å². The summed E-state index contributed by atoms with van der Waals surface area (Å²) >= 11 is 0. The molecule has 4 heteroatoms. The molecule has 1 fully saturated rings. The maximum atomic E-state index is 9.42. The van der Waals surface area contributed by atoms with Crippen LogP contribution in [0.3, 0.4) is 0 Å². The minimum Gasteiger partial charge on any atom is -0.439 e. The van der Waals surface area contributed by atoms with Crippen molar-refractivity contribution < 1.29 is 9.52 Å². The second kappa shape index (κ2) is 3.88. The topological polar surface area (TPSA) is 49.5 Å². The van der Waals surface area contributed by atoms with E-state index in [1.807, 2.05) is 24.3 Å². The molecule has 0 unspecified atom stereocenters. The monoisotopic (exact) mass is 218 g/mol. The Balaban J connectivity index is 1.79. The first-order chi connectivity index (χ1) is 7.81. The summed E-state index contributed by atoms with van der Waals surface area (Å²) in [5, 5.41) is 9.42. The van der Waals surface area contributed by atoms with Crippen molar-refractivity contribution in [1.82, 2.24) is 9.88 Å². The molecule has 1 N–H and O–H groups in total. The fourth-order valence-electron chi connectivity index (χ4n) is 2.13. The summed E-state index contributed by atoms with van der Waals surface area (Å²) in [6.45, 7) is 2.32. The van der Waals surface area contributed by atoms with Crippen molar-refractivity contribution in [3.05, 3.63) is 30.2 Å². The van der Waals surface area contributed by atoms with E-state index in [2.05, 4.69) is 9.88 Å². The summed E-state index contributed by atoms with van der Waals surface area (Å²) in [6.07, 6.45) is 0.657. The minimum atomic E-state index is -0.190. The number of β-amino-alcohol motifs (C(OH)–C–C–N with tert-alkyl or cyclic N) is 1. The van der Waals surface area contributed by atoms with Gasteiger partial charge >= 0.3 is 0 Å². The van der Waals surface area contributed by atoms with E-state index in [0.717, 1.165) is 36.5 Å². The van der Waals surface area contributed by atoms with E-state index in [-0.39, 0.29) is 6.10 Å². The first-order valence-electron chi connectivity index (χ1n) is 5.56. The Kier molecular flexibility index (Phi) is 2.38. The molecule has 4 nitrogen and oxygen atoms in total. The van der Waals surface area contributed by atoms with Crippen LogP contribution in [-0.2, 0) is 6.54 Å². The van der Waals surface area contributed by atoms with Crippen molar-refractivity contribution in [2.24, 2.45) is 0 Å². The molecule has 1 saturated heterocycles. The molecule has 1 aromatic heterocycles. The summed E-state index contributed by atoms with van der Waals surface area (Å²) in [5.74, 6) is 0.732. The number of aliphatic hydroxyl groups is 1. The molecule has 1 aromatic carbocycles. The summed E-state index contributed by atoms with van der Waals surface area (Å²) in [6, 6.07) is 7.76. The van der Waals surface area contributed by atoms with E-state index in [1.165, 1.54) is 0 Å². The van der Waals surface area contributed by atoms with Gasteiger partial charge in [0, 0.05) is 13.1 Å². The second-order valence-corrected chi connectivity index (χ2v) is 4.25. The van der Waals surface area contributed by atoms with Crippen LogP contribution in [0.25, 0.3) is 11.1 Å². The van der Waals surface area contributed by atoms with E-state index >= 15 is 0 Å². The van der Waals surface area contributed by atoms with Crippen LogP contribution in [0, 0.1) is 0 Å². The largest absolute Gasteiger partial charge is 0.439 e. The number of benzene rings is 1. The molecule has 0 amide bonds. The van der Waals surface area contributed by atoms with Gasteiger partial charge in [-0.05, 0) is 18.6 Å². The lowest BCUT2D eigenvalue weighted by Crippen LogP contribution is -2.21. The molecule has 16 heavy (non-hydrogen) atoms. The van der Waals surface area contributed by atoms with Crippen LogP contribution < -0.4 is 0 Å². The van der Waals surface area contributed by atoms with Gasteiger partial charge in [0.2, 0.25) is 5.89 Å². The molecule has 3 rings (SSSR count). The van der Waals surface area contributed by atoms with Crippen LogP contribution in [0.1, 0.15) is 12.3 Å². The molecule has 2 aromatic rings. The van der Waals surface area contributed by atoms with E-state index in [4.69, 9.17) is 4.42 Å². The summed E-state index contributed by atoms with van der Waals surface area (Å²) in [5.41, 5.74) is 1.73. The van der Waals surface area contributed by atoms with Gasteiger partial charge in [-0.2, -0.15) is 0 Å². The predicted molar refractivity (Wildman–Crippen MR) is 59.9 cm³/mol. The van der Waals surface area contributed by atoms with Crippen LogP contribution in [0.15, 0.2) is 28.7 Å². The van der Waals surface area contributed by atoms with E-state index < -0.39 is 0 Å². The van der Waals surface area contributed by atoms with Crippen molar-refractivity contribution in [3.63, 3.8) is 0 Å². The Labute approximate surface area is 93.5 Å². The van der Waals surface area contributed by atoms with Crippen LogP contribution in [0.4, 0.5) is 0 Å². The molecule has 0 saturated carbocycles. The number of oxazole rings is 1. The zero-order valence-corrected chi connectivity index (χ0v) is 8.97. The number of aromatic nitrogens is 1. The number of hydrogen-bond donors (Lipinski definition) is 1. The molecule has 0 spiro atoms. The number of hydrogen-bond acceptors (Lipinski definition) is 4. The quantitative estimate of drug-likeness (QED) is 0.827. The molecule has 0 bridgehead atoms. The van der Waals surface area contributed by atoms with Gasteiger partial charge in [-0.15, -0.1) is 0 Å². The van der Waals surface area contributed by atoms with Gasteiger partial charge < -0.3 is 9.52 Å². The first-order valence-corrected chi connectivity index (χ1v) is 5.56. The highest BCUT2D eigenvalue weighted by Gasteiger charge is 2.21. The highest BCUT2D eigenvalue weighted by molar-refractivity contribution is 5.72. The summed E-state index contributed by atoms with van der Waals surface area (Å²) in [4.78, 5) is 6.57. The van der Waals surface area contributed by atoms with Gasteiger partial charge in [0.05, 0.1) is 12.6 Å². The zero-order valence-electron chi connectivity index (χ0n) is 8.97. The van der Waals surface area contributed by atoms with Crippen molar-refractivity contribution in [1.29, 1.82) is 0 Å². The van der Waals surface area contributed by atoms with Gasteiger partial charge in [0.1, 0.15) is 5.52 Å². The number of rotatable bonds is 2. The van der Waals surface area contributed by atoms with Gasteiger partial charge in [0.25, 0.3) is 0 Å². The van der Waals surface area contributed by atoms with Crippen LogP contribution in [0.2, 0.25) is 0 Å². The van der Waals surface area contributed by atoms with Gasteiger partial charge in [-0.1, -0.05) is 12.1 Å². The first kappa shape index (κ1) is 9.81. The van der Waals surface area contributed by atoms with Gasteiger partial charge in [-0.25, -0.2) is 4.98 Å². The lowest BCUT2D eigenvalue weighted by atomic mass is 10.3. The molecular formula is C12H14N2O2. The molecule has 0 radical (unpaired) electrons.